The van der Waals surface area contributed by atoms with Gasteiger partial charge in [0.2, 0.25) is 0 Å². The van der Waals surface area contributed by atoms with E-state index in [1.807, 2.05) is 65.1 Å². The highest BCUT2D eigenvalue weighted by Crippen LogP contribution is 2.28. The quantitative estimate of drug-likeness (QED) is 0.256. The number of carbonyl (C=O) groups is 1. The summed E-state index contributed by atoms with van der Waals surface area (Å²) >= 11 is 0. The van der Waals surface area contributed by atoms with E-state index in [0.29, 0.717) is 36.2 Å². The Kier molecular flexibility index (Phi) is 10.3. The van der Waals surface area contributed by atoms with Crippen molar-refractivity contribution >= 4 is 53.0 Å². The molecule has 0 bridgehead atoms. The fourth-order valence-corrected chi connectivity index (χ4v) is 5.32. The summed E-state index contributed by atoms with van der Waals surface area (Å²) in [5.74, 6) is 0.506. The Bertz CT molecular complexity index is 1690. The van der Waals surface area contributed by atoms with E-state index in [1.54, 1.807) is 10.6 Å². The van der Waals surface area contributed by atoms with Gasteiger partial charge in [-0.05, 0) is 52.1 Å². The summed E-state index contributed by atoms with van der Waals surface area (Å²) in [5, 5.41) is 13.4. The third kappa shape index (κ3) is 6.96. The van der Waals surface area contributed by atoms with Crippen LogP contribution in [0.4, 0.5) is 5.69 Å². The highest BCUT2D eigenvalue weighted by molar-refractivity contribution is 6.08. The summed E-state index contributed by atoms with van der Waals surface area (Å²) in [6, 6.07) is 11.9. The topological polar surface area (TPSA) is 97.8 Å². The molecule has 0 spiro atoms. The minimum Gasteiger partial charge on any atom is -0.492 e. The smallest absolute Gasteiger partial charge is 0.274 e. The lowest BCUT2D eigenvalue weighted by Crippen LogP contribution is -2.45. The van der Waals surface area contributed by atoms with Crippen LogP contribution in [0.25, 0.3) is 16.6 Å². The molecule has 1 fully saturated rings. The number of aryl methyl sites for hydroxylation is 1. The Morgan fingerprint density at radius 1 is 1.05 bits per heavy atom. The van der Waals surface area contributed by atoms with Crippen LogP contribution in [0.1, 0.15) is 41.8 Å². The molecular formula is C30H39Cl2N9O2. The number of piperazine rings is 1. The maximum absolute atomic E-state index is 13.4. The van der Waals surface area contributed by atoms with Gasteiger partial charge in [-0.15, -0.1) is 24.8 Å². The zero-order valence-electron chi connectivity index (χ0n) is 24.9. The number of benzene rings is 1. The van der Waals surface area contributed by atoms with Crippen LogP contribution in [-0.4, -0.2) is 91.0 Å². The minimum atomic E-state index is -0.239. The molecule has 1 saturated heterocycles. The molecule has 43 heavy (non-hydrogen) atoms. The molecule has 6 rings (SSSR count). The molecule has 1 aromatic carbocycles. The molecule has 0 aliphatic carbocycles. The fourth-order valence-electron chi connectivity index (χ4n) is 5.32. The molecule has 0 saturated carbocycles. The Morgan fingerprint density at radius 2 is 1.84 bits per heavy atom. The normalized spacial score (nSPS) is 14.2. The molecule has 0 unspecified atom stereocenters. The average molecular weight is 629 g/mol. The number of aromatic nitrogens is 6. The molecular weight excluding hydrogens is 589 g/mol. The van der Waals surface area contributed by atoms with Gasteiger partial charge in [-0.3, -0.25) is 23.5 Å². The van der Waals surface area contributed by atoms with E-state index in [2.05, 4.69) is 46.1 Å². The van der Waals surface area contributed by atoms with Crippen LogP contribution in [0.15, 0.2) is 55.0 Å². The van der Waals surface area contributed by atoms with Crippen LogP contribution >= 0.6 is 24.8 Å². The number of nitrogens with one attached hydrogen (secondary N) is 1. The largest absolute Gasteiger partial charge is 0.492 e. The highest BCUT2D eigenvalue weighted by atomic mass is 35.5. The first kappa shape index (κ1) is 32.3. The van der Waals surface area contributed by atoms with Gasteiger partial charge in [0.05, 0.1) is 35.3 Å². The van der Waals surface area contributed by atoms with Gasteiger partial charge in [0.1, 0.15) is 23.7 Å². The lowest BCUT2D eigenvalue weighted by atomic mass is 10.1. The number of anilines is 1. The molecule has 13 heteroatoms. The summed E-state index contributed by atoms with van der Waals surface area (Å²) in [7, 11) is 2.16. The average Bonchev–Trinajstić information content (AvgIpc) is 3.68. The van der Waals surface area contributed by atoms with Crippen molar-refractivity contribution in [3.63, 3.8) is 0 Å². The van der Waals surface area contributed by atoms with E-state index in [4.69, 9.17) is 9.84 Å². The molecule has 5 heterocycles. The Hall–Kier alpha value is -3.64. The molecule has 1 aliphatic heterocycles. The van der Waals surface area contributed by atoms with Gasteiger partial charge in [-0.1, -0.05) is 6.07 Å². The number of fused-ring (bicyclic) bond motifs is 2. The number of ether oxygens (including phenoxy) is 1. The van der Waals surface area contributed by atoms with Gasteiger partial charge in [-0.25, -0.2) is 4.98 Å². The van der Waals surface area contributed by atoms with Crippen molar-refractivity contribution in [2.45, 2.75) is 33.4 Å². The van der Waals surface area contributed by atoms with Gasteiger partial charge in [0, 0.05) is 62.6 Å². The number of carbonyl (C=O) groups excluding carboxylic acids is 1. The molecule has 5 aromatic rings. The second-order valence-corrected chi connectivity index (χ2v) is 11.0. The first-order valence-electron chi connectivity index (χ1n) is 14.2. The summed E-state index contributed by atoms with van der Waals surface area (Å²) in [6.45, 7) is 12.5. The SMILES string of the molecule is Cc1nn(Cc2ccn(C(C)C)n2)c2cccc(NC(=O)c3cnc4cc(OCCN5CCN(C)CC5)ccn34)c12.Cl.Cl. The first-order chi connectivity index (χ1) is 19.9. The first-order valence-corrected chi connectivity index (χ1v) is 14.2. The van der Waals surface area contributed by atoms with Crippen molar-refractivity contribution in [1.29, 1.82) is 0 Å². The van der Waals surface area contributed by atoms with E-state index in [1.165, 1.54) is 0 Å². The van der Waals surface area contributed by atoms with E-state index in [9.17, 15) is 4.79 Å². The number of imidazole rings is 1. The van der Waals surface area contributed by atoms with Crippen LogP contribution in [0.5, 0.6) is 5.75 Å². The van der Waals surface area contributed by atoms with Gasteiger partial charge in [0.15, 0.2) is 0 Å². The van der Waals surface area contributed by atoms with Crippen molar-refractivity contribution in [2.75, 3.05) is 51.7 Å². The Balaban J connectivity index is 0.00000212. The van der Waals surface area contributed by atoms with Crippen LogP contribution in [0.3, 0.4) is 0 Å². The predicted molar refractivity (Wildman–Crippen MR) is 173 cm³/mol. The number of amides is 1. The van der Waals surface area contributed by atoms with Crippen molar-refractivity contribution < 1.29 is 9.53 Å². The lowest BCUT2D eigenvalue weighted by Gasteiger charge is -2.32. The zero-order chi connectivity index (χ0) is 28.5. The van der Waals surface area contributed by atoms with Crippen molar-refractivity contribution in [1.82, 2.24) is 38.7 Å². The third-order valence-corrected chi connectivity index (χ3v) is 7.70. The molecule has 0 radical (unpaired) electrons. The van der Waals surface area contributed by atoms with Crippen molar-refractivity contribution in [3.8, 4) is 5.75 Å². The molecule has 4 aromatic heterocycles. The predicted octanol–water partition coefficient (Wildman–Crippen LogP) is 4.54. The number of pyridine rings is 1. The van der Waals surface area contributed by atoms with Crippen LogP contribution in [-0.2, 0) is 6.54 Å². The van der Waals surface area contributed by atoms with E-state index in [-0.39, 0.29) is 30.7 Å². The van der Waals surface area contributed by atoms with Gasteiger partial charge < -0.3 is 15.0 Å². The summed E-state index contributed by atoms with van der Waals surface area (Å²) < 4.78 is 11.7. The van der Waals surface area contributed by atoms with Crippen LogP contribution in [0, 0.1) is 6.92 Å². The molecule has 1 amide bonds. The zero-order valence-corrected chi connectivity index (χ0v) is 26.6. The summed E-state index contributed by atoms with van der Waals surface area (Å²) in [6.07, 6.45) is 5.42. The number of hydrogen-bond donors (Lipinski definition) is 1. The molecule has 230 valence electrons. The summed E-state index contributed by atoms with van der Waals surface area (Å²) in [4.78, 5) is 22.6. The van der Waals surface area contributed by atoms with Crippen molar-refractivity contribution in [3.05, 3.63) is 72.1 Å². The van der Waals surface area contributed by atoms with Gasteiger partial charge in [-0.2, -0.15) is 10.2 Å². The number of nitrogens with zero attached hydrogens (tertiary/aromatic N) is 8. The van der Waals surface area contributed by atoms with E-state index < -0.39 is 0 Å². The standard InChI is InChI=1S/C30H37N9O2.2ClH/c1-21(2)38-11-8-23(34-38)20-39-26-7-5-6-25(29(26)22(3)33-39)32-30(40)27-19-31-28-18-24(9-10-37(27)28)41-17-16-36-14-12-35(4)13-15-36;;/h5-11,18-19,21H,12-17,20H2,1-4H3,(H,32,40);2*1H. The lowest BCUT2D eigenvalue weighted by molar-refractivity contribution is 0.102. The second kappa shape index (κ2) is 13.8. The van der Waals surface area contributed by atoms with Gasteiger partial charge in [0.25, 0.3) is 5.91 Å². The second-order valence-electron chi connectivity index (χ2n) is 11.0. The third-order valence-electron chi connectivity index (χ3n) is 7.70. The maximum atomic E-state index is 13.4. The molecule has 1 aliphatic rings. The maximum Gasteiger partial charge on any atom is 0.274 e. The number of rotatable bonds is 9. The number of likely N-dealkylation sites (N-methyl/N-ethyl adjacent to an activating group) is 1. The number of halogens is 2. The Labute approximate surface area is 263 Å². The van der Waals surface area contributed by atoms with Gasteiger partial charge >= 0.3 is 0 Å². The Morgan fingerprint density at radius 3 is 2.58 bits per heavy atom. The monoisotopic (exact) mass is 627 g/mol. The van der Waals surface area contributed by atoms with E-state index >= 15 is 0 Å². The van der Waals surface area contributed by atoms with E-state index in [0.717, 1.165) is 60.8 Å². The molecule has 11 nitrogen and oxygen atoms in total. The minimum absolute atomic E-state index is 0. The number of hydrogen-bond acceptors (Lipinski definition) is 7. The van der Waals surface area contributed by atoms with Crippen LogP contribution < -0.4 is 10.1 Å². The van der Waals surface area contributed by atoms with Crippen molar-refractivity contribution in [2.24, 2.45) is 0 Å². The highest BCUT2D eigenvalue weighted by Gasteiger charge is 2.18. The summed E-state index contributed by atoms with van der Waals surface area (Å²) in [5.41, 5.74) is 4.54. The molecule has 1 N–H and O–H groups in total. The fraction of sp³-hybridized carbons (Fsp3) is 0.400. The van der Waals surface area contributed by atoms with Crippen LogP contribution in [0.2, 0.25) is 0 Å². The molecule has 0 atom stereocenters.